The van der Waals surface area contributed by atoms with Crippen molar-refractivity contribution in [2.75, 3.05) is 5.32 Å². The van der Waals surface area contributed by atoms with Crippen molar-refractivity contribution < 1.29 is 4.79 Å². The SMILES string of the molecule is O=C(Nc1ccc2sccc2c1)c1cccc(S)c1. The molecule has 0 atom stereocenters. The molecule has 0 radical (unpaired) electrons. The number of carbonyl (C=O) groups excluding carboxylic acids is 1. The summed E-state index contributed by atoms with van der Waals surface area (Å²) in [6.07, 6.45) is 0. The Labute approximate surface area is 120 Å². The van der Waals surface area contributed by atoms with Gasteiger partial charge in [0, 0.05) is 20.8 Å². The lowest BCUT2D eigenvalue weighted by atomic mass is 10.2. The van der Waals surface area contributed by atoms with E-state index in [0.29, 0.717) is 5.56 Å². The Morgan fingerprint density at radius 2 is 2.00 bits per heavy atom. The third-order valence-corrected chi connectivity index (χ3v) is 3.99. The second-order valence-corrected chi connectivity index (χ2v) is 5.64. The number of hydrogen-bond donors (Lipinski definition) is 2. The van der Waals surface area contributed by atoms with Crippen molar-refractivity contribution in [3.8, 4) is 0 Å². The van der Waals surface area contributed by atoms with Gasteiger partial charge in [-0.2, -0.15) is 0 Å². The van der Waals surface area contributed by atoms with Gasteiger partial charge in [0.05, 0.1) is 0 Å². The molecule has 2 aromatic carbocycles. The highest BCUT2D eigenvalue weighted by Gasteiger charge is 2.06. The van der Waals surface area contributed by atoms with Crippen LogP contribution in [0, 0.1) is 0 Å². The first kappa shape index (κ1) is 12.3. The van der Waals surface area contributed by atoms with Crippen LogP contribution in [0.4, 0.5) is 5.69 Å². The zero-order valence-corrected chi connectivity index (χ0v) is 11.7. The zero-order chi connectivity index (χ0) is 13.2. The molecule has 0 fully saturated rings. The van der Waals surface area contributed by atoms with E-state index in [-0.39, 0.29) is 5.91 Å². The predicted molar refractivity (Wildman–Crippen MR) is 83.5 cm³/mol. The van der Waals surface area contributed by atoms with E-state index in [0.717, 1.165) is 16.0 Å². The Kier molecular flexibility index (Phi) is 3.27. The molecular weight excluding hydrogens is 274 g/mol. The van der Waals surface area contributed by atoms with Crippen LogP contribution in [0.5, 0.6) is 0 Å². The minimum absolute atomic E-state index is 0.120. The van der Waals surface area contributed by atoms with Gasteiger partial charge in [-0.15, -0.1) is 24.0 Å². The second-order valence-electron chi connectivity index (χ2n) is 4.18. The van der Waals surface area contributed by atoms with Gasteiger partial charge in [-0.25, -0.2) is 0 Å². The van der Waals surface area contributed by atoms with Crippen LogP contribution in [-0.2, 0) is 0 Å². The van der Waals surface area contributed by atoms with Crippen LogP contribution in [-0.4, -0.2) is 5.91 Å². The Morgan fingerprint density at radius 1 is 1.11 bits per heavy atom. The summed E-state index contributed by atoms with van der Waals surface area (Å²) < 4.78 is 1.22. The van der Waals surface area contributed by atoms with E-state index < -0.39 is 0 Å². The highest BCUT2D eigenvalue weighted by molar-refractivity contribution is 7.80. The van der Waals surface area contributed by atoms with Crippen molar-refractivity contribution in [3.63, 3.8) is 0 Å². The average Bonchev–Trinajstić information content (AvgIpc) is 2.86. The molecule has 3 aromatic rings. The number of benzene rings is 2. The van der Waals surface area contributed by atoms with E-state index >= 15 is 0 Å². The number of amides is 1. The van der Waals surface area contributed by atoms with Gasteiger partial charge in [0.1, 0.15) is 0 Å². The van der Waals surface area contributed by atoms with Gasteiger partial charge in [0.25, 0.3) is 5.91 Å². The highest BCUT2D eigenvalue weighted by Crippen LogP contribution is 2.24. The van der Waals surface area contributed by atoms with E-state index in [4.69, 9.17) is 0 Å². The number of thiophene rings is 1. The normalized spacial score (nSPS) is 10.6. The number of anilines is 1. The van der Waals surface area contributed by atoms with Gasteiger partial charge in [0.15, 0.2) is 0 Å². The molecule has 0 saturated heterocycles. The molecule has 1 N–H and O–H groups in total. The van der Waals surface area contributed by atoms with Crippen LogP contribution >= 0.6 is 24.0 Å². The Bertz CT molecular complexity index is 748. The summed E-state index contributed by atoms with van der Waals surface area (Å²) in [6.45, 7) is 0. The minimum atomic E-state index is -0.120. The number of nitrogens with one attached hydrogen (secondary N) is 1. The van der Waals surface area contributed by atoms with Crippen molar-refractivity contribution in [2.24, 2.45) is 0 Å². The lowest BCUT2D eigenvalue weighted by molar-refractivity contribution is 0.102. The zero-order valence-electron chi connectivity index (χ0n) is 9.96. The van der Waals surface area contributed by atoms with Crippen molar-refractivity contribution in [3.05, 3.63) is 59.5 Å². The summed E-state index contributed by atoms with van der Waals surface area (Å²) in [4.78, 5) is 12.9. The maximum Gasteiger partial charge on any atom is 0.255 e. The molecule has 1 heterocycles. The summed E-state index contributed by atoms with van der Waals surface area (Å²) in [7, 11) is 0. The monoisotopic (exact) mass is 285 g/mol. The molecule has 2 nitrogen and oxygen atoms in total. The summed E-state index contributed by atoms with van der Waals surface area (Å²) in [5.41, 5.74) is 1.42. The lowest BCUT2D eigenvalue weighted by Crippen LogP contribution is -2.11. The van der Waals surface area contributed by atoms with Crippen molar-refractivity contribution >= 4 is 45.6 Å². The quantitative estimate of drug-likeness (QED) is 0.670. The number of fused-ring (bicyclic) bond motifs is 1. The molecule has 0 aliphatic carbocycles. The third-order valence-electron chi connectivity index (χ3n) is 2.82. The van der Waals surface area contributed by atoms with Crippen LogP contribution in [0.2, 0.25) is 0 Å². The molecule has 94 valence electrons. The Morgan fingerprint density at radius 3 is 2.84 bits per heavy atom. The fourth-order valence-electron chi connectivity index (χ4n) is 1.89. The molecule has 19 heavy (non-hydrogen) atoms. The molecule has 0 spiro atoms. The number of thiol groups is 1. The van der Waals surface area contributed by atoms with Crippen LogP contribution in [0.3, 0.4) is 0 Å². The molecule has 3 rings (SSSR count). The Balaban J connectivity index is 1.86. The largest absolute Gasteiger partial charge is 0.322 e. The molecule has 1 aromatic heterocycles. The molecule has 0 unspecified atom stereocenters. The fourth-order valence-corrected chi connectivity index (χ4v) is 2.89. The van der Waals surface area contributed by atoms with E-state index in [1.165, 1.54) is 4.70 Å². The summed E-state index contributed by atoms with van der Waals surface area (Å²) >= 11 is 5.93. The van der Waals surface area contributed by atoms with E-state index in [2.05, 4.69) is 17.9 Å². The highest BCUT2D eigenvalue weighted by atomic mass is 32.1. The number of hydrogen-bond acceptors (Lipinski definition) is 3. The maximum atomic E-state index is 12.1. The van der Waals surface area contributed by atoms with E-state index in [1.807, 2.05) is 41.8 Å². The fraction of sp³-hybridized carbons (Fsp3) is 0. The van der Waals surface area contributed by atoms with Gasteiger partial charge in [-0.05, 0) is 53.2 Å². The molecule has 4 heteroatoms. The van der Waals surface area contributed by atoms with Gasteiger partial charge < -0.3 is 5.32 Å². The molecule has 0 aliphatic heterocycles. The molecule has 1 amide bonds. The van der Waals surface area contributed by atoms with E-state index in [1.54, 1.807) is 23.5 Å². The molecule has 0 saturated carbocycles. The molecular formula is C15H11NOS2. The van der Waals surface area contributed by atoms with Crippen LogP contribution in [0.25, 0.3) is 10.1 Å². The smallest absolute Gasteiger partial charge is 0.255 e. The van der Waals surface area contributed by atoms with Crippen LogP contribution in [0.15, 0.2) is 58.8 Å². The summed E-state index contributed by atoms with van der Waals surface area (Å²) in [6, 6.07) is 15.2. The van der Waals surface area contributed by atoms with E-state index in [9.17, 15) is 4.79 Å². The maximum absolute atomic E-state index is 12.1. The minimum Gasteiger partial charge on any atom is -0.322 e. The molecule has 0 aliphatic rings. The average molecular weight is 285 g/mol. The van der Waals surface area contributed by atoms with Crippen molar-refractivity contribution in [1.82, 2.24) is 0 Å². The Hall–Kier alpha value is -1.78. The van der Waals surface area contributed by atoms with Crippen LogP contribution in [0.1, 0.15) is 10.4 Å². The van der Waals surface area contributed by atoms with Crippen molar-refractivity contribution in [2.45, 2.75) is 4.90 Å². The van der Waals surface area contributed by atoms with Gasteiger partial charge >= 0.3 is 0 Å². The summed E-state index contributed by atoms with van der Waals surface area (Å²) in [5, 5.41) is 6.09. The van der Waals surface area contributed by atoms with Crippen molar-refractivity contribution in [1.29, 1.82) is 0 Å². The van der Waals surface area contributed by atoms with Gasteiger partial charge in [-0.3, -0.25) is 4.79 Å². The lowest BCUT2D eigenvalue weighted by Gasteiger charge is -2.06. The van der Waals surface area contributed by atoms with Gasteiger partial charge in [0.2, 0.25) is 0 Å². The molecule has 0 bridgehead atoms. The topological polar surface area (TPSA) is 29.1 Å². The van der Waals surface area contributed by atoms with Gasteiger partial charge in [-0.1, -0.05) is 6.07 Å². The number of rotatable bonds is 2. The first-order valence-electron chi connectivity index (χ1n) is 5.80. The first-order valence-corrected chi connectivity index (χ1v) is 7.13. The number of carbonyl (C=O) groups is 1. The predicted octanol–water partition coefficient (Wildman–Crippen LogP) is 4.44. The third kappa shape index (κ3) is 2.64. The summed E-state index contributed by atoms with van der Waals surface area (Å²) in [5.74, 6) is -0.120. The standard InChI is InChI=1S/C15H11NOS2/c17-15(11-2-1-3-13(18)9-11)16-12-4-5-14-10(8-12)6-7-19-14/h1-9,18H,(H,16,17). The second kappa shape index (κ2) is 5.07. The van der Waals surface area contributed by atoms with Crippen LogP contribution < -0.4 is 5.32 Å². The first-order chi connectivity index (χ1) is 9.22.